The molecule has 2 aromatic carbocycles. The van der Waals surface area contributed by atoms with E-state index >= 15 is 0 Å². The van der Waals surface area contributed by atoms with E-state index < -0.39 is 6.10 Å². The van der Waals surface area contributed by atoms with E-state index in [2.05, 4.69) is 34.5 Å². The van der Waals surface area contributed by atoms with E-state index in [9.17, 15) is 5.11 Å². The van der Waals surface area contributed by atoms with Gasteiger partial charge in [-0.2, -0.15) is 4.98 Å². The number of nitrogens with one attached hydrogen (secondary N) is 1. The molecule has 1 fully saturated rings. The molecule has 27 heavy (non-hydrogen) atoms. The van der Waals surface area contributed by atoms with Crippen LogP contribution in [0.15, 0.2) is 40.9 Å². The Hall–Kier alpha value is -2.44. The summed E-state index contributed by atoms with van der Waals surface area (Å²) >= 11 is 0. The number of fused-ring (bicyclic) bond motifs is 1. The van der Waals surface area contributed by atoms with Crippen molar-refractivity contribution in [2.45, 2.75) is 44.8 Å². The molecular formula is C21H25N3O3. The van der Waals surface area contributed by atoms with E-state index in [0.29, 0.717) is 18.1 Å². The summed E-state index contributed by atoms with van der Waals surface area (Å²) < 4.78 is 11.2. The smallest absolute Gasteiger partial charge is 0.246 e. The quantitative estimate of drug-likeness (QED) is 0.617. The van der Waals surface area contributed by atoms with Gasteiger partial charge in [0, 0.05) is 5.56 Å². The van der Waals surface area contributed by atoms with Crippen LogP contribution in [0.25, 0.3) is 22.2 Å². The lowest BCUT2D eigenvalue weighted by Gasteiger charge is -2.08. The van der Waals surface area contributed by atoms with Gasteiger partial charge in [-0.3, -0.25) is 0 Å². The number of aliphatic hydroxyl groups excluding tert-OH is 1. The number of nitrogens with zero attached hydrogens (tertiary/aromatic N) is 2. The lowest BCUT2D eigenvalue weighted by atomic mass is 10.1. The van der Waals surface area contributed by atoms with E-state index in [4.69, 9.17) is 9.26 Å². The SMILES string of the molecule is CCCCCOc1ccc2cc(-c3noc([C@H]4NCC[C@@H]4O)n3)ccc2c1. The average Bonchev–Trinajstić information content (AvgIpc) is 3.33. The number of unbranched alkanes of at least 4 members (excludes halogenated alkanes) is 2. The molecule has 0 aliphatic carbocycles. The van der Waals surface area contributed by atoms with Gasteiger partial charge >= 0.3 is 0 Å². The highest BCUT2D eigenvalue weighted by Gasteiger charge is 2.31. The fourth-order valence-corrected chi connectivity index (χ4v) is 3.41. The molecule has 0 spiro atoms. The first kappa shape index (κ1) is 17.9. The summed E-state index contributed by atoms with van der Waals surface area (Å²) in [4.78, 5) is 4.47. The zero-order valence-electron chi connectivity index (χ0n) is 15.5. The number of rotatable bonds is 7. The first-order valence-corrected chi connectivity index (χ1v) is 9.66. The standard InChI is InChI=1S/C21H25N3O3/c1-2-3-4-11-26-17-8-7-14-12-16(6-5-15(14)13-17)20-23-21(27-24-20)19-18(25)9-10-22-19/h5-8,12-13,18-19,22,25H,2-4,9-11H2,1H3/t18-,19-/m0/s1. The van der Waals surface area contributed by atoms with Gasteiger partial charge in [-0.05, 0) is 48.4 Å². The van der Waals surface area contributed by atoms with Gasteiger partial charge < -0.3 is 19.7 Å². The molecule has 4 rings (SSSR count). The minimum atomic E-state index is -0.481. The van der Waals surface area contributed by atoms with Crippen LogP contribution in [-0.4, -0.2) is 34.5 Å². The molecule has 2 heterocycles. The third-order valence-corrected chi connectivity index (χ3v) is 4.98. The number of hydrogen-bond acceptors (Lipinski definition) is 6. The second-order valence-electron chi connectivity index (χ2n) is 7.02. The number of ether oxygens (including phenoxy) is 1. The van der Waals surface area contributed by atoms with E-state index in [1.54, 1.807) is 0 Å². The Balaban J connectivity index is 1.51. The summed E-state index contributed by atoms with van der Waals surface area (Å²) in [5, 5.41) is 19.5. The molecule has 142 valence electrons. The zero-order chi connectivity index (χ0) is 18.6. The van der Waals surface area contributed by atoms with Gasteiger partial charge in [0.2, 0.25) is 11.7 Å². The Labute approximate surface area is 158 Å². The van der Waals surface area contributed by atoms with Crippen molar-refractivity contribution in [3.05, 3.63) is 42.3 Å². The van der Waals surface area contributed by atoms with Crippen molar-refractivity contribution in [2.75, 3.05) is 13.2 Å². The molecule has 0 amide bonds. The zero-order valence-corrected chi connectivity index (χ0v) is 15.5. The van der Waals surface area contributed by atoms with Gasteiger partial charge in [0.25, 0.3) is 0 Å². The third-order valence-electron chi connectivity index (χ3n) is 4.98. The highest BCUT2D eigenvalue weighted by molar-refractivity contribution is 5.87. The summed E-state index contributed by atoms with van der Waals surface area (Å²) in [5.74, 6) is 1.87. The molecular weight excluding hydrogens is 342 g/mol. The van der Waals surface area contributed by atoms with E-state index in [1.807, 2.05) is 24.3 Å². The second kappa shape index (κ2) is 8.06. The van der Waals surface area contributed by atoms with Gasteiger partial charge in [-0.1, -0.05) is 43.1 Å². The number of aliphatic hydroxyl groups is 1. The van der Waals surface area contributed by atoms with Crippen molar-refractivity contribution in [3.63, 3.8) is 0 Å². The highest BCUT2D eigenvalue weighted by atomic mass is 16.5. The van der Waals surface area contributed by atoms with Crippen LogP contribution in [0.2, 0.25) is 0 Å². The van der Waals surface area contributed by atoms with Crippen LogP contribution in [0.1, 0.15) is 44.5 Å². The molecule has 0 unspecified atom stereocenters. The number of hydrogen-bond donors (Lipinski definition) is 2. The molecule has 6 nitrogen and oxygen atoms in total. The Kier molecular flexibility index (Phi) is 5.36. The minimum Gasteiger partial charge on any atom is -0.494 e. The predicted octanol–water partition coefficient (Wildman–Crippen LogP) is 3.85. The van der Waals surface area contributed by atoms with Crippen LogP contribution in [0.3, 0.4) is 0 Å². The van der Waals surface area contributed by atoms with E-state index in [1.165, 1.54) is 12.8 Å². The Bertz CT molecular complexity index is 909. The maximum Gasteiger partial charge on any atom is 0.246 e. The van der Waals surface area contributed by atoms with E-state index in [0.717, 1.165) is 41.7 Å². The monoisotopic (exact) mass is 367 g/mol. The van der Waals surface area contributed by atoms with Crippen LogP contribution in [0, 0.1) is 0 Å². The molecule has 1 aliphatic heterocycles. The Morgan fingerprint density at radius 2 is 2.04 bits per heavy atom. The molecule has 1 saturated heterocycles. The summed E-state index contributed by atoms with van der Waals surface area (Å²) in [6.07, 6.45) is 3.68. The van der Waals surface area contributed by atoms with Gasteiger partial charge in [0.1, 0.15) is 11.8 Å². The van der Waals surface area contributed by atoms with E-state index in [-0.39, 0.29) is 6.04 Å². The third kappa shape index (κ3) is 3.96. The molecule has 1 aromatic heterocycles. The summed E-state index contributed by atoms with van der Waals surface area (Å²) in [7, 11) is 0. The molecule has 3 aromatic rings. The van der Waals surface area contributed by atoms with Gasteiger partial charge in [0.15, 0.2) is 0 Å². The predicted molar refractivity (Wildman–Crippen MR) is 104 cm³/mol. The molecule has 1 aliphatic rings. The summed E-state index contributed by atoms with van der Waals surface area (Å²) in [6, 6.07) is 11.9. The van der Waals surface area contributed by atoms with Crippen LogP contribution in [0.5, 0.6) is 5.75 Å². The maximum atomic E-state index is 9.98. The molecule has 6 heteroatoms. The Morgan fingerprint density at radius 3 is 2.85 bits per heavy atom. The van der Waals surface area contributed by atoms with Crippen molar-refractivity contribution in [2.24, 2.45) is 0 Å². The summed E-state index contributed by atoms with van der Waals surface area (Å²) in [5.41, 5.74) is 0.890. The normalized spacial score (nSPS) is 19.6. The van der Waals surface area contributed by atoms with Crippen LogP contribution >= 0.6 is 0 Å². The van der Waals surface area contributed by atoms with Gasteiger partial charge in [0.05, 0.1) is 12.7 Å². The topological polar surface area (TPSA) is 80.4 Å². The Morgan fingerprint density at radius 1 is 1.19 bits per heavy atom. The van der Waals surface area contributed by atoms with Crippen molar-refractivity contribution in [3.8, 4) is 17.1 Å². The van der Waals surface area contributed by atoms with Gasteiger partial charge in [-0.25, -0.2) is 0 Å². The van der Waals surface area contributed by atoms with Crippen LogP contribution < -0.4 is 10.1 Å². The first-order chi connectivity index (χ1) is 13.2. The summed E-state index contributed by atoms with van der Waals surface area (Å²) in [6.45, 7) is 3.69. The number of benzene rings is 2. The van der Waals surface area contributed by atoms with Crippen molar-refractivity contribution in [1.82, 2.24) is 15.5 Å². The lowest BCUT2D eigenvalue weighted by Crippen LogP contribution is -2.21. The molecule has 0 radical (unpaired) electrons. The molecule has 0 bridgehead atoms. The largest absolute Gasteiger partial charge is 0.494 e. The minimum absolute atomic E-state index is 0.279. The highest BCUT2D eigenvalue weighted by Crippen LogP contribution is 2.28. The molecule has 2 atom stereocenters. The van der Waals surface area contributed by atoms with Crippen molar-refractivity contribution in [1.29, 1.82) is 0 Å². The molecule has 0 saturated carbocycles. The fraction of sp³-hybridized carbons (Fsp3) is 0.429. The fourth-order valence-electron chi connectivity index (χ4n) is 3.41. The van der Waals surface area contributed by atoms with Crippen molar-refractivity contribution >= 4 is 10.8 Å². The van der Waals surface area contributed by atoms with Gasteiger partial charge in [-0.15, -0.1) is 0 Å². The maximum absolute atomic E-state index is 9.98. The second-order valence-corrected chi connectivity index (χ2v) is 7.02. The average molecular weight is 367 g/mol. The number of aromatic nitrogens is 2. The van der Waals surface area contributed by atoms with Crippen LogP contribution in [0.4, 0.5) is 0 Å². The first-order valence-electron chi connectivity index (χ1n) is 9.66. The lowest BCUT2D eigenvalue weighted by molar-refractivity contribution is 0.142. The van der Waals surface area contributed by atoms with Crippen LogP contribution in [-0.2, 0) is 0 Å². The molecule has 2 N–H and O–H groups in total. The van der Waals surface area contributed by atoms with Crippen molar-refractivity contribution < 1.29 is 14.4 Å².